The van der Waals surface area contributed by atoms with Gasteiger partial charge in [0.25, 0.3) is 0 Å². The highest BCUT2D eigenvalue weighted by atomic mass is 35.5. The summed E-state index contributed by atoms with van der Waals surface area (Å²) in [7, 11) is -9.53. The first-order chi connectivity index (χ1) is 18.4. The van der Waals surface area contributed by atoms with Crippen LogP contribution in [0.25, 0.3) is 11.2 Å². The molecule has 0 bridgehead atoms. The van der Waals surface area contributed by atoms with E-state index >= 15 is 0 Å². The topological polar surface area (TPSA) is 201 Å². The van der Waals surface area contributed by atoms with E-state index in [4.69, 9.17) is 30.6 Å². The molecule has 5 atom stereocenters. The van der Waals surface area contributed by atoms with E-state index in [1.54, 1.807) is 0 Å². The van der Waals surface area contributed by atoms with Crippen molar-refractivity contribution in [3.8, 4) is 0 Å². The van der Waals surface area contributed by atoms with Crippen molar-refractivity contribution in [1.82, 2.24) is 19.5 Å². The zero-order chi connectivity index (χ0) is 27.7. The fourth-order valence-electron chi connectivity index (χ4n) is 5.66. The molecule has 2 unspecified atom stereocenters. The first-order valence-corrected chi connectivity index (χ1v) is 16.1. The van der Waals surface area contributed by atoms with Gasteiger partial charge in [-0.15, -0.1) is 0 Å². The molecular formula is C22H26ClN5O9P2. The second-order valence-corrected chi connectivity index (χ2v) is 14.5. The van der Waals surface area contributed by atoms with Crippen LogP contribution in [0.2, 0.25) is 5.28 Å². The van der Waals surface area contributed by atoms with Crippen LogP contribution in [-0.4, -0.2) is 81.8 Å². The van der Waals surface area contributed by atoms with Crippen molar-refractivity contribution in [3.05, 3.63) is 41.4 Å². The second-order valence-electron chi connectivity index (χ2n) is 10.2. The summed E-state index contributed by atoms with van der Waals surface area (Å²) in [5.74, 6) is -0.897. The number of aliphatic hydroxyl groups excluding tert-OH is 2. The van der Waals surface area contributed by atoms with E-state index < -0.39 is 52.2 Å². The molecule has 1 aliphatic carbocycles. The van der Waals surface area contributed by atoms with Gasteiger partial charge in [-0.1, -0.05) is 24.6 Å². The lowest BCUT2D eigenvalue weighted by Crippen LogP contribution is -2.38. The molecule has 1 saturated heterocycles. The Kier molecular flexibility index (Phi) is 6.67. The number of fused-ring (bicyclic) bond motifs is 3. The third-order valence-electron chi connectivity index (χ3n) is 7.58. The van der Waals surface area contributed by atoms with Crippen molar-refractivity contribution < 1.29 is 43.3 Å². The van der Waals surface area contributed by atoms with Gasteiger partial charge in [0.15, 0.2) is 29.1 Å². The van der Waals surface area contributed by atoms with Gasteiger partial charge in [0, 0.05) is 17.6 Å². The summed E-state index contributed by atoms with van der Waals surface area (Å²) >= 11 is 6.34. The van der Waals surface area contributed by atoms with Crippen LogP contribution in [0.3, 0.4) is 0 Å². The normalized spacial score (nSPS) is 27.6. The number of hydrogen-bond acceptors (Lipinski definition) is 10. The molecule has 2 aliphatic heterocycles. The third-order valence-corrected chi connectivity index (χ3v) is 11.2. The largest absolute Gasteiger partial charge is 0.387 e. The molecule has 3 aromatic rings. The van der Waals surface area contributed by atoms with Gasteiger partial charge in [-0.05, 0) is 36.1 Å². The molecule has 0 radical (unpaired) electrons. The number of imidazole rings is 1. The van der Waals surface area contributed by atoms with Crippen LogP contribution in [0.4, 0.5) is 11.5 Å². The summed E-state index contributed by atoms with van der Waals surface area (Å²) in [6.07, 6.45) is -0.936. The highest BCUT2D eigenvalue weighted by molar-refractivity contribution is 7.70. The minimum atomic E-state index is -4.83. The lowest BCUT2D eigenvalue weighted by atomic mass is 9.66. The number of aromatic nitrogens is 4. The van der Waals surface area contributed by atoms with Gasteiger partial charge in [0.1, 0.15) is 18.3 Å². The zero-order valence-corrected chi connectivity index (χ0v) is 22.9. The van der Waals surface area contributed by atoms with Crippen LogP contribution in [0, 0.1) is 0 Å². The van der Waals surface area contributed by atoms with Crippen molar-refractivity contribution in [2.75, 3.05) is 24.0 Å². The van der Waals surface area contributed by atoms with Crippen molar-refractivity contribution >= 4 is 49.5 Å². The van der Waals surface area contributed by atoms with E-state index in [0.717, 1.165) is 24.9 Å². The maximum absolute atomic E-state index is 12.0. The minimum Gasteiger partial charge on any atom is -0.387 e. The Hall–Kier alpha value is -1.96. The number of nitrogens with zero attached hydrogens (tertiary/aromatic N) is 5. The molecular weight excluding hydrogens is 576 g/mol. The van der Waals surface area contributed by atoms with Crippen molar-refractivity contribution in [1.29, 1.82) is 0 Å². The molecule has 14 nitrogen and oxygen atoms in total. The van der Waals surface area contributed by atoms with Gasteiger partial charge in [0.2, 0.25) is 5.28 Å². The van der Waals surface area contributed by atoms with Crippen LogP contribution in [0.15, 0.2) is 30.6 Å². The molecule has 2 aromatic heterocycles. The van der Waals surface area contributed by atoms with E-state index in [-0.39, 0.29) is 16.3 Å². The zero-order valence-electron chi connectivity index (χ0n) is 20.3. The summed E-state index contributed by atoms with van der Waals surface area (Å²) in [4.78, 5) is 43.0. The maximum Gasteiger partial charge on any atom is 0.340 e. The number of ether oxygens (including phenoxy) is 1. The van der Waals surface area contributed by atoms with Crippen molar-refractivity contribution in [2.24, 2.45) is 0 Å². The Morgan fingerprint density at radius 2 is 1.87 bits per heavy atom. The molecule has 4 heterocycles. The molecule has 210 valence electrons. The Morgan fingerprint density at radius 3 is 2.56 bits per heavy atom. The first-order valence-electron chi connectivity index (χ1n) is 12.2. The van der Waals surface area contributed by atoms with Gasteiger partial charge in [-0.2, -0.15) is 9.97 Å². The summed E-state index contributed by atoms with van der Waals surface area (Å²) in [5, 5.41) is 21.2. The van der Waals surface area contributed by atoms with Gasteiger partial charge in [-0.3, -0.25) is 13.7 Å². The quantitative estimate of drug-likeness (QED) is 0.195. The molecule has 1 aromatic carbocycles. The predicted molar refractivity (Wildman–Crippen MR) is 138 cm³/mol. The van der Waals surface area contributed by atoms with E-state index in [1.807, 2.05) is 18.2 Å². The highest BCUT2D eigenvalue weighted by Gasteiger charge is 2.49. The lowest BCUT2D eigenvalue weighted by Gasteiger charge is -2.39. The average molecular weight is 602 g/mol. The Morgan fingerprint density at radius 1 is 1.13 bits per heavy atom. The molecule has 5 N–H and O–H groups in total. The van der Waals surface area contributed by atoms with Crippen LogP contribution >= 0.6 is 26.8 Å². The number of anilines is 2. The molecule has 1 saturated carbocycles. The third kappa shape index (κ3) is 4.82. The van der Waals surface area contributed by atoms with Crippen molar-refractivity contribution in [3.63, 3.8) is 0 Å². The van der Waals surface area contributed by atoms with E-state index in [9.17, 15) is 24.2 Å². The summed E-state index contributed by atoms with van der Waals surface area (Å²) in [6.45, 7) is 0.000919. The number of rotatable bonds is 7. The number of para-hydroxylation sites is 1. The van der Waals surface area contributed by atoms with Gasteiger partial charge < -0.3 is 39.1 Å². The molecule has 1 spiro atoms. The number of aliphatic hydroxyl groups is 2. The summed E-state index contributed by atoms with van der Waals surface area (Å²) < 4.78 is 35.0. The summed E-state index contributed by atoms with van der Waals surface area (Å²) in [6, 6.07) is 8.13. The number of halogens is 1. The van der Waals surface area contributed by atoms with Crippen LogP contribution < -0.4 is 4.90 Å². The molecule has 17 heteroatoms. The Bertz CT molecular complexity index is 1530. The first kappa shape index (κ1) is 27.2. The minimum absolute atomic E-state index is 0.0386. The number of benzene rings is 1. The fraction of sp³-hybridized carbons (Fsp3) is 0.500. The average Bonchev–Trinajstić information content (AvgIpc) is 3.48. The molecule has 6 rings (SSSR count). The van der Waals surface area contributed by atoms with Gasteiger partial charge in [-0.25, -0.2) is 4.98 Å². The van der Waals surface area contributed by atoms with E-state index in [0.29, 0.717) is 17.9 Å². The lowest BCUT2D eigenvalue weighted by molar-refractivity contribution is -0.0483. The second kappa shape index (κ2) is 9.56. The van der Waals surface area contributed by atoms with Gasteiger partial charge in [0.05, 0.1) is 12.9 Å². The monoisotopic (exact) mass is 601 g/mol. The Balaban J connectivity index is 1.29. The van der Waals surface area contributed by atoms with Crippen LogP contribution in [0.5, 0.6) is 0 Å². The van der Waals surface area contributed by atoms with Crippen LogP contribution in [-0.2, 0) is 23.8 Å². The maximum atomic E-state index is 12.0. The number of hydrogen-bond donors (Lipinski definition) is 5. The van der Waals surface area contributed by atoms with Gasteiger partial charge >= 0.3 is 15.2 Å². The summed E-state index contributed by atoms with van der Waals surface area (Å²) in [5.41, 5.74) is 2.94. The molecule has 0 amide bonds. The van der Waals surface area contributed by atoms with E-state index in [1.165, 1.54) is 16.5 Å². The fourth-order valence-corrected chi connectivity index (χ4v) is 8.39. The molecule has 3 aliphatic rings. The predicted octanol–water partition coefficient (Wildman–Crippen LogP) is 2.01. The standard InChI is InChI=1S/C22H26ClN5O9P2/c23-21-25-18(27-9-22(6-3-7-22)12-4-1-2-5-13(12)27)15-19(26-21)28(10-24-15)20-17(30)16(29)14(37-20)8-36-39(34,35)11-38(31,32)33/h1-2,4-5,10,14,16-17,20,29-30H,3,6-9,11H2,(H,34,35)(H2,31,32,33)/t14-,16?,17+,20-/m1/s1. The van der Waals surface area contributed by atoms with E-state index in [2.05, 4.69) is 25.9 Å². The SMILES string of the molecule is O=P(O)(O)CP(=O)(O)OC[C@H]1O[C@@H](n2cnc3c(N4CC5(CCC5)c5ccccc54)nc(Cl)nc32)[C@@H](O)C1O. The smallest absolute Gasteiger partial charge is 0.340 e. The van der Waals surface area contributed by atoms with Crippen LogP contribution in [0.1, 0.15) is 31.1 Å². The highest BCUT2D eigenvalue weighted by Crippen LogP contribution is 2.56. The van der Waals surface area contributed by atoms with Crippen molar-refractivity contribution in [2.45, 2.75) is 49.2 Å². The Labute approximate surface area is 226 Å². The molecule has 2 fully saturated rings. The molecule has 39 heavy (non-hydrogen) atoms.